The van der Waals surface area contributed by atoms with E-state index in [0.717, 1.165) is 24.4 Å². The highest BCUT2D eigenvalue weighted by molar-refractivity contribution is 5.58. The molecule has 6 nitrogen and oxygen atoms in total. The SMILES string of the molecule is COc1cccc(Nc2cnnc(NCCC(C)C)n2)c1. The van der Waals surface area contributed by atoms with Gasteiger partial charge in [0.15, 0.2) is 5.82 Å². The molecule has 1 heterocycles. The molecular formula is C15H21N5O. The second-order valence-corrected chi connectivity index (χ2v) is 5.13. The molecule has 112 valence electrons. The lowest BCUT2D eigenvalue weighted by Gasteiger charge is -2.09. The molecule has 21 heavy (non-hydrogen) atoms. The van der Waals surface area contributed by atoms with Crippen molar-refractivity contribution in [2.24, 2.45) is 5.92 Å². The van der Waals surface area contributed by atoms with Gasteiger partial charge in [-0.05, 0) is 24.5 Å². The van der Waals surface area contributed by atoms with Crippen molar-refractivity contribution in [1.82, 2.24) is 15.2 Å². The first-order valence-electron chi connectivity index (χ1n) is 7.02. The van der Waals surface area contributed by atoms with Gasteiger partial charge in [0.05, 0.1) is 13.3 Å². The van der Waals surface area contributed by atoms with Crippen molar-refractivity contribution in [2.75, 3.05) is 24.3 Å². The molecule has 0 aliphatic carbocycles. The Morgan fingerprint density at radius 2 is 2.14 bits per heavy atom. The maximum absolute atomic E-state index is 5.19. The third-order valence-electron chi connectivity index (χ3n) is 2.91. The molecule has 0 atom stereocenters. The summed E-state index contributed by atoms with van der Waals surface area (Å²) in [6.07, 6.45) is 2.66. The van der Waals surface area contributed by atoms with Gasteiger partial charge in [0, 0.05) is 18.3 Å². The Morgan fingerprint density at radius 3 is 2.90 bits per heavy atom. The Balaban J connectivity index is 1.99. The number of rotatable bonds is 7. The predicted molar refractivity (Wildman–Crippen MR) is 84.0 cm³/mol. The van der Waals surface area contributed by atoms with Gasteiger partial charge in [0.25, 0.3) is 0 Å². The number of anilines is 3. The average molecular weight is 287 g/mol. The monoisotopic (exact) mass is 287 g/mol. The van der Waals surface area contributed by atoms with Crippen LogP contribution in [-0.4, -0.2) is 28.8 Å². The average Bonchev–Trinajstić information content (AvgIpc) is 2.47. The number of nitrogens with zero attached hydrogens (tertiary/aromatic N) is 3. The number of aromatic nitrogens is 3. The molecule has 0 aliphatic heterocycles. The van der Waals surface area contributed by atoms with Crippen molar-refractivity contribution in [3.63, 3.8) is 0 Å². The fourth-order valence-corrected chi connectivity index (χ4v) is 1.76. The van der Waals surface area contributed by atoms with E-state index >= 15 is 0 Å². The standard InChI is InChI=1S/C15H21N5O/c1-11(2)7-8-16-15-19-14(10-17-20-15)18-12-5-4-6-13(9-12)21-3/h4-6,9-11H,7-8H2,1-3H3,(H2,16,18,19,20). The zero-order valence-electron chi connectivity index (χ0n) is 12.6. The summed E-state index contributed by atoms with van der Waals surface area (Å²) in [4.78, 5) is 4.38. The van der Waals surface area contributed by atoms with E-state index in [9.17, 15) is 0 Å². The fraction of sp³-hybridized carbons (Fsp3) is 0.400. The van der Waals surface area contributed by atoms with E-state index in [1.54, 1.807) is 13.3 Å². The molecule has 0 amide bonds. The summed E-state index contributed by atoms with van der Waals surface area (Å²) in [5.74, 6) is 2.61. The fourth-order valence-electron chi connectivity index (χ4n) is 1.76. The molecule has 0 saturated carbocycles. The first-order chi connectivity index (χ1) is 10.2. The summed E-state index contributed by atoms with van der Waals surface area (Å²) in [6, 6.07) is 7.64. The van der Waals surface area contributed by atoms with Crippen LogP contribution in [0.3, 0.4) is 0 Å². The summed E-state index contributed by atoms with van der Waals surface area (Å²) < 4.78 is 5.19. The first kappa shape index (κ1) is 15.0. The lowest BCUT2D eigenvalue weighted by Crippen LogP contribution is -2.09. The summed E-state index contributed by atoms with van der Waals surface area (Å²) in [5, 5.41) is 14.3. The largest absolute Gasteiger partial charge is 0.497 e. The molecule has 0 spiro atoms. The van der Waals surface area contributed by atoms with Crippen LogP contribution in [0.1, 0.15) is 20.3 Å². The molecular weight excluding hydrogens is 266 g/mol. The normalized spacial score (nSPS) is 10.5. The van der Waals surface area contributed by atoms with Crippen LogP contribution < -0.4 is 15.4 Å². The van der Waals surface area contributed by atoms with Crippen LogP contribution in [0.5, 0.6) is 5.75 Å². The van der Waals surface area contributed by atoms with E-state index in [2.05, 4.69) is 39.7 Å². The highest BCUT2D eigenvalue weighted by Gasteiger charge is 2.02. The van der Waals surface area contributed by atoms with Gasteiger partial charge in [-0.15, -0.1) is 5.10 Å². The van der Waals surface area contributed by atoms with Crippen LogP contribution in [0.25, 0.3) is 0 Å². The van der Waals surface area contributed by atoms with Crippen LogP contribution in [0.15, 0.2) is 30.5 Å². The molecule has 0 unspecified atom stereocenters. The van der Waals surface area contributed by atoms with Crippen molar-refractivity contribution >= 4 is 17.5 Å². The summed E-state index contributed by atoms with van der Waals surface area (Å²) >= 11 is 0. The van der Waals surface area contributed by atoms with Crippen molar-refractivity contribution in [1.29, 1.82) is 0 Å². The van der Waals surface area contributed by atoms with E-state index < -0.39 is 0 Å². The van der Waals surface area contributed by atoms with Gasteiger partial charge in [-0.25, -0.2) is 0 Å². The molecule has 0 radical (unpaired) electrons. The summed E-state index contributed by atoms with van der Waals surface area (Å²) in [5.41, 5.74) is 0.892. The Hall–Kier alpha value is -2.37. The number of methoxy groups -OCH3 is 1. The molecule has 6 heteroatoms. The van der Waals surface area contributed by atoms with Gasteiger partial charge in [0.1, 0.15) is 5.75 Å². The maximum Gasteiger partial charge on any atom is 0.244 e. The van der Waals surface area contributed by atoms with Gasteiger partial charge in [-0.3, -0.25) is 0 Å². The van der Waals surface area contributed by atoms with E-state index in [1.165, 1.54) is 0 Å². The third kappa shape index (κ3) is 4.91. The minimum Gasteiger partial charge on any atom is -0.497 e. The van der Waals surface area contributed by atoms with E-state index in [-0.39, 0.29) is 0 Å². The quantitative estimate of drug-likeness (QED) is 0.815. The van der Waals surface area contributed by atoms with Crippen LogP contribution in [-0.2, 0) is 0 Å². The lowest BCUT2D eigenvalue weighted by molar-refractivity contribution is 0.415. The Bertz CT molecular complexity index is 573. The van der Waals surface area contributed by atoms with Gasteiger partial charge >= 0.3 is 0 Å². The number of hydrogen-bond acceptors (Lipinski definition) is 6. The topological polar surface area (TPSA) is 72.0 Å². The molecule has 0 bridgehead atoms. The third-order valence-corrected chi connectivity index (χ3v) is 2.91. The number of hydrogen-bond donors (Lipinski definition) is 2. The van der Waals surface area contributed by atoms with Crippen molar-refractivity contribution in [3.05, 3.63) is 30.5 Å². The minimum atomic E-state index is 0.531. The summed E-state index contributed by atoms with van der Waals surface area (Å²) in [6.45, 7) is 5.20. The van der Waals surface area contributed by atoms with Crippen molar-refractivity contribution in [3.8, 4) is 5.75 Å². The second kappa shape index (κ2) is 7.42. The van der Waals surface area contributed by atoms with E-state index in [0.29, 0.717) is 17.7 Å². The second-order valence-electron chi connectivity index (χ2n) is 5.13. The summed E-state index contributed by atoms with van der Waals surface area (Å²) in [7, 11) is 1.64. The van der Waals surface area contributed by atoms with Crippen LogP contribution in [0, 0.1) is 5.92 Å². The predicted octanol–water partition coefficient (Wildman–Crippen LogP) is 3.08. The van der Waals surface area contributed by atoms with Crippen LogP contribution in [0.4, 0.5) is 17.5 Å². The maximum atomic E-state index is 5.19. The minimum absolute atomic E-state index is 0.531. The number of benzene rings is 1. The van der Waals surface area contributed by atoms with E-state index in [1.807, 2.05) is 24.3 Å². The van der Waals surface area contributed by atoms with Gasteiger partial charge in [-0.2, -0.15) is 10.1 Å². The zero-order valence-corrected chi connectivity index (χ0v) is 12.6. The van der Waals surface area contributed by atoms with E-state index in [4.69, 9.17) is 4.74 Å². The van der Waals surface area contributed by atoms with Gasteiger partial charge in [-0.1, -0.05) is 19.9 Å². The molecule has 1 aromatic heterocycles. The molecule has 0 aliphatic rings. The molecule has 0 fully saturated rings. The highest BCUT2D eigenvalue weighted by Crippen LogP contribution is 2.20. The molecule has 2 N–H and O–H groups in total. The van der Waals surface area contributed by atoms with Crippen molar-refractivity contribution in [2.45, 2.75) is 20.3 Å². The zero-order chi connectivity index (χ0) is 15.1. The number of nitrogens with one attached hydrogen (secondary N) is 2. The van der Waals surface area contributed by atoms with Crippen LogP contribution >= 0.6 is 0 Å². The molecule has 0 saturated heterocycles. The Labute approximate surface area is 125 Å². The molecule has 1 aromatic carbocycles. The Morgan fingerprint density at radius 1 is 1.29 bits per heavy atom. The van der Waals surface area contributed by atoms with Gasteiger partial charge < -0.3 is 15.4 Å². The highest BCUT2D eigenvalue weighted by atomic mass is 16.5. The molecule has 2 aromatic rings. The molecule has 2 rings (SSSR count). The van der Waals surface area contributed by atoms with Crippen molar-refractivity contribution < 1.29 is 4.74 Å². The number of ether oxygens (including phenoxy) is 1. The first-order valence-corrected chi connectivity index (χ1v) is 7.02. The van der Waals surface area contributed by atoms with Gasteiger partial charge in [0.2, 0.25) is 5.95 Å². The smallest absolute Gasteiger partial charge is 0.244 e. The van der Waals surface area contributed by atoms with Crippen LogP contribution in [0.2, 0.25) is 0 Å². The lowest BCUT2D eigenvalue weighted by atomic mass is 10.1. The Kier molecular flexibility index (Phi) is 5.31.